The van der Waals surface area contributed by atoms with E-state index in [1.807, 2.05) is 0 Å². The lowest BCUT2D eigenvalue weighted by Gasteiger charge is -2.34. The van der Waals surface area contributed by atoms with Crippen molar-refractivity contribution in [2.75, 3.05) is 43.4 Å². The van der Waals surface area contributed by atoms with Gasteiger partial charge in [0.25, 0.3) is 0 Å². The molecule has 2 aliphatic rings. The second-order valence-electron chi connectivity index (χ2n) is 6.77. The number of piperazine rings is 1. The second-order valence-corrected chi connectivity index (χ2v) is 6.77. The fourth-order valence-electron chi connectivity index (χ4n) is 3.22. The van der Waals surface area contributed by atoms with E-state index in [1.54, 1.807) is 0 Å². The zero-order valence-corrected chi connectivity index (χ0v) is 15.0. The molecule has 130 valence electrons. The fraction of sp³-hybridized carbons (Fsp3) is 0.526. The van der Waals surface area contributed by atoms with Crippen LogP contribution in [-0.2, 0) is 0 Å². The Kier molecular flexibility index (Phi) is 5.41. The van der Waals surface area contributed by atoms with Gasteiger partial charge < -0.3 is 20.4 Å². The Labute approximate surface area is 145 Å². The molecule has 2 heterocycles. The van der Waals surface area contributed by atoms with Crippen LogP contribution < -0.4 is 15.5 Å². The molecule has 0 saturated carbocycles. The summed E-state index contributed by atoms with van der Waals surface area (Å²) >= 11 is 0. The lowest BCUT2D eigenvalue weighted by Crippen LogP contribution is -2.44. The van der Waals surface area contributed by atoms with E-state index >= 15 is 0 Å². The summed E-state index contributed by atoms with van der Waals surface area (Å²) in [7, 11) is 2.19. The fourth-order valence-corrected chi connectivity index (χ4v) is 3.22. The number of guanidine groups is 1. The molecule has 0 amide bonds. The highest BCUT2D eigenvalue weighted by Crippen LogP contribution is 2.20. The van der Waals surface area contributed by atoms with Gasteiger partial charge in [-0.3, -0.25) is 0 Å². The van der Waals surface area contributed by atoms with Crippen molar-refractivity contribution >= 4 is 17.3 Å². The molecule has 0 radical (unpaired) electrons. The number of hydrogen-bond donors (Lipinski definition) is 2. The lowest BCUT2D eigenvalue weighted by atomic mass is 10.1. The first kappa shape index (κ1) is 16.8. The van der Waals surface area contributed by atoms with Crippen LogP contribution in [0.4, 0.5) is 11.4 Å². The standard InChI is InChI=1S/C19H29N5/c1-4-5-17-14-15(2)20-19(22-17)21-16-6-8-18(9-7-16)24-12-10-23(3)11-13-24/h6-9,14,17H,4-5,10-13H2,1-3H3,(H2,20,21,22). The summed E-state index contributed by atoms with van der Waals surface area (Å²) in [6.07, 6.45) is 4.43. The molecule has 2 aliphatic heterocycles. The van der Waals surface area contributed by atoms with Crippen molar-refractivity contribution in [1.82, 2.24) is 10.2 Å². The Morgan fingerprint density at radius 1 is 1.17 bits per heavy atom. The third-order valence-corrected chi connectivity index (χ3v) is 4.64. The van der Waals surface area contributed by atoms with E-state index < -0.39 is 0 Å². The van der Waals surface area contributed by atoms with Crippen LogP contribution >= 0.6 is 0 Å². The first-order valence-electron chi connectivity index (χ1n) is 8.98. The van der Waals surface area contributed by atoms with Gasteiger partial charge in [0, 0.05) is 43.3 Å². The van der Waals surface area contributed by atoms with Gasteiger partial charge in [-0.25, -0.2) is 4.99 Å². The van der Waals surface area contributed by atoms with Gasteiger partial charge >= 0.3 is 0 Å². The molecule has 0 bridgehead atoms. The van der Waals surface area contributed by atoms with Crippen LogP contribution in [0, 0.1) is 0 Å². The zero-order chi connectivity index (χ0) is 16.9. The van der Waals surface area contributed by atoms with Crippen molar-refractivity contribution in [2.24, 2.45) is 4.99 Å². The average molecular weight is 327 g/mol. The molecule has 0 aromatic heterocycles. The summed E-state index contributed by atoms with van der Waals surface area (Å²) in [4.78, 5) is 9.57. The molecule has 1 fully saturated rings. The Bertz CT molecular complexity index is 597. The Morgan fingerprint density at radius 3 is 2.54 bits per heavy atom. The third kappa shape index (κ3) is 4.29. The SMILES string of the molecule is CCCC1C=C(C)NC(Nc2ccc(N3CCN(C)CC3)cc2)=N1. The number of nitrogens with zero attached hydrogens (tertiary/aromatic N) is 3. The number of allylic oxidation sites excluding steroid dienone is 1. The van der Waals surface area contributed by atoms with E-state index in [1.165, 1.54) is 11.4 Å². The molecule has 1 saturated heterocycles. The maximum absolute atomic E-state index is 4.74. The minimum Gasteiger partial charge on any atom is -0.369 e. The van der Waals surface area contributed by atoms with Gasteiger partial charge in [-0.15, -0.1) is 0 Å². The highest BCUT2D eigenvalue weighted by molar-refractivity contribution is 5.95. The van der Waals surface area contributed by atoms with Gasteiger partial charge in [0.05, 0.1) is 6.04 Å². The van der Waals surface area contributed by atoms with Gasteiger partial charge in [0.1, 0.15) is 0 Å². The number of aliphatic imine (C=N–C) groups is 1. The van der Waals surface area contributed by atoms with Crippen LogP contribution in [0.1, 0.15) is 26.7 Å². The van der Waals surface area contributed by atoms with Crippen LogP contribution in [0.25, 0.3) is 0 Å². The number of nitrogens with one attached hydrogen (secondary N) is 2. The smallest absolute Gasteiger partial charge is 0.200 e. The van der Waals surface area contributed by atoms with Crippen LogP contribution in [0.15, 0.2) is 41.0 Å². The summed E-state index contributed by atoms with van der Waals surface area (Å²) in [5.74, 6) is 0.848. The first-order valence-corrected chi connectivity index (χ1v) is 8.98. The van der Waals surface area contributed by atoms with Crippen molar-refractivity contribution in [3.63, 3.8) is 0 Å². The van der Waals surface area contributed by atoms with Gasteiger partial charge in [-0.2, -0.15) is 0 Å². The molecule has 1 aromatic rings. The quantitative estimate of drug-likeness (QED) is 0.892. The zero-order valence-electron chi connectivity index (χ0n) is 15.0. The molecule has 5 heteroatoms. The summed E-state index contributed by atoms with van der Waals surface area (Å²) in [6.45, 7) is 8.75. The first-order chi connectivity index (χ1) is 11.6. The third-order valence-electron chi connectivity index (χ3n) is 4.64. The summed E-state index contributed by atoms with van der Waals surface area (Å²) in [6, 6.07) is 8.95. The van der Waals surface area contributed by atoms with Gasteiger partial charge in [-0.1, -0.05) is 13.3 Å². The molecular formula is C19H29N5. The average Bonchev–Trinajstić information content (AvgIpc) is 2.56. The number of likely N-dealkylation sites (N-methyl/N-ethyl adjacent to an activating group) is 1. The maximum atomic E-state index is 4.74. The normalized spacial score (nSPS) is 21.8. The molecule has 3 rings (SSSR count). The Balaban J connectivity index is 1.62. The number of hydrogen-bond acceptors (Lipinski definition) is 5. The van der Waals surface area contributed by atoms with E-state index in [0.717, 1.165) is 50.7 Å². The molecule has 0 spiro atoms. The molecule has 24 heavy (non-hydrogen) atoms. The van der Waals surface area contributed by atoms with Crippen molar-refractivity contribution in [2.45, 2.75) is 32.7 Å². The predicted octanol–water partition coefficient (Wildman–Crippen LogP) is 2.88. The number of rotatable bonds is 4. The monoisotopic (exact) mass is 327 g/mol. The highest BCUT2D eigenvalue weighted by atomic mass is 15.2. The van der Waals surface area contributed by atoms with Crippen LogP contribution in [-0.4, -0.2) is 50.1 Å². The molecular weight excluding hydrogens is 298 g/mol. The molecule has 1 atom stereocenters. The minimum atomic E-state index is 0.281. The van der Waals surface area contributed by atoms with Crippen LogP contribution in [0.3, 0.4) is 0 Å². The van der Waals surface area contributed by atoms with Gasteiger partial charge in [0.2, 0.25) is 5.96 Å². The van der Waals surface area contributed by atoms with E-state index in [9.17, 15) is 0 Å². The molecule has 0 aliphatic carbocycles. The van der Waals surface area contributed by atoms with Crippen molar-refractivity contribution < 1.29 is 0 Å². The summed E-state index contributed by atoms with van der Waals surface area (Å²) < 4.78 is 0. The minimum absolute atomic E-state index is 0.281. The Morgan fingerprint density at radius 2 is 1.88 bits per heavy atom. The van der Waals surface area contributed by atoms with E-state index in [4.69, 9.17) is 4.99 Å². The Hall–Kier alpha value is -2.01. The second kappa shape index (κ2) is 7.71. The van der Waals surface area contributed by atoms with Crippen molar-refractivity contribution in [3.05, 3.63) is 36.0 Å². The van der Waals surface area contributed by atoms with Gasteiger partial charge in [-0.05, 0) is 50.7 Å². The largest absolute Gasteiger partial charge is 0.369 e. The van der Waals surface area contributed by atoms with Crippen LogP contribution in [0.5, 0.6) is 0 Å². The summed E-state index contributed by atoms with van der Waals surface area (Å²) in [5, 5.41) is 6.73. The lowest BCUT2D eigenvalue weighted by molar-refractivity contribution is 0.313. The van der Waals surface area contributed by atoms with Crippen molar-refractivity contribution in [3.8, 4) is 0 Å². The van der Waals surface area contributed by atoms with E-state index in [-0.39, 0.29) is 6.04 Å². The topological polar surface area (TPSA) is 42.9 Å². The maximum Gasteiger partial charge on any atom is 0.200 e. The molecule has 2 N–H and O–H groups in total. The van der Waals surface area contributed by atoms with Crippen molar-refractivity contribution in [1.29, 1.82) is 0 Å². The molecule has 1 unspecified atom stereocenters. The van der Waals surface area contributed by atoms with E-state index in [2.05, 4.69) is 71.7 Å². The molecule has 1 aromatic carbocycles. The highest BCUT2D eigenvalue weighted by Gasteiger charge is 2.15. The number of benzene rings is 1. The molecule has 5 nitrogen and oxygen atoms in total. The van der Waals surface area contributed by atoms with E-state index in [0.29, 0.717) is 0 Å². The van der Waals surface area contributed by atoms with Gasteiger partial charge in [0.15, 0.2) is 0 Å². The number of anilines is 2. The summed E-state index contributed by atoms with van der Waals surface area (Å²) in [5.41, 5.74) is 3.54. The predicted molar refractivity (Wildman–Crippen MR) is 103 cm³/mol. The van der Waals surface area contributed by atoms with Crippen LogP contribution in [0.2, 0.25) is 0 Å².